The van der Waals surface area contributed by atoms with E-state index in [0.29, 0.717) is 18.2 Å². The Labute approximate surface area is 548 Å². The Balaban J connectivity index is 1.67. The van der Waals surface area contributed by atoms with Crippen molar-refractivity contribution in [1.82, 2.24) is 0 Å². The van der Waals surface area contributed by atoms with E-state index in [9.17, 15) is 172 Å². The quantitative estimate of drug-likeness (QED) is 0.0600. The highest BCUT2D eigenvalue weighted by atomic mass is 19.5. The topological polar surface area (TPSA) is 32.6 Å². The molecule has 0 radical (unpaired) electrons. The van der Waals surface area contributed by atoms with E-state index in [1.807, 2.05) is 0 Å². The predicted octanol–water partition coefficient (Wildman–Crippen LogP) is 24.8. The van der Waals surface area contributed by atoms with Gasteiger partial charge in [0.25, 0.3) is 0 Å². The van der Waals surface area contributed by atoms with Crippen LogP contribution in [-0.2, 0) is 36.6 Å². The van der Waals surface area contributed by atoms with Gasteiger partial charge in [0.15, 0.2) is 0 Å². The number of aromatic hydroxyl groups is 1. The first-order valence-corrected chi connectivity index (χ1v) is 26.2. The summed E-state index contributed by atoms with van der Waals surface area (Å²) in [4.78, 5) is 3.66. The fraction of sp³-hybridized carbons (Fsp3) is 0.351. The van der Waals surface area contributed by atoms with Gasteiger partial charge in [0.05, 0.1) is 27.9 Å². The molecule has 0 atom stereocenters. The Bertz CT molecular complexity index is 4010. The van der Waals surface area contributed by atoms with Crippen molar-refractivity contribution in [2.24, 2.45) is 4.99 Å². The molecule has 582 valence electrons. The van der Waals surface area contributed by atoms with Gasteiger partial charge in [0.2, 0.25) is 0 Å². The van der Waals surface area contributed by atoms with Gasteiger partial charge >= 0.3 is 120 Å². The number of para-hydroxylation sites is 1. The zero-order valence-electron chi connectivity index (χ0n) is 48.3. The Kier molecular flexibility index (Phi) is 20.7. The van der Waals surface area contributed by atoms with Crippen LogP contribution in [0, 0.1) is 0 Å². The van der Waals surface area contributed by atoms with Crippen LogP contribution in [0.15, 0.2) is 120 Å². The molecule has 0 amide bonds. The summed E-state index contributed by atoms with van der Waals surface area (Å²) in [5.74, 6) is -123. The molecule has 105 heavy (non-hydrogen) atoms. The molecule has 6 rings (SSSR count). The van der Waals surface area contributed by atoms with E-state index in [-0.39, 0.29) is 66.9 Å². The molecule has 6 aromatic carbocycles. The first-order valence-electron chi connectivity index (χ1n) is 26.2. The zero-order valence-corrected chi connectivity index (χ0v) is 48.3. The third kappa shape index (κ3) is 13.5. The third-order valence-corrected chi connectivity index (χ3v) is 14.9. The normalized spacial score (nSPS) is 15.1. The smallest absolute Gasteiger partial charge is 0.460 e. The number of benzene rings is 6. The lowest BCUT2D eigenvalue weighted by atomic mass is 9.86. The second-order valence-corrected chi connectivity index (χ2v) is 21.7. The highest BCUT2D eigenvalue weighted by molar-refractivity contribution is 5.97. The van der Waals surface area contributed by atoms with Gasteiger partial charge in [-0.2, -0.15) is 202 Å². The van der Waals surface area contributed by atoms with Crippen molar-refractivity contribution < 1.29 is 207 Å². The molecular weight excluding hydrogens is 1590 g/mol. The average Bonchev–Trinajstić information content (AvgIpc) is 0.697. The van der Waals surface area contributed by atoms with Crippen molar-refractivity contribution in [3.05, 3.63) is 154 Å². The van der Waals surface area contributed by atoms with E-state index in [1.165, 1.54) is 0 Å². The zero-order chi connectivity index (χ0) is 81.7. The molecule has 0 bridgehead atoms. The monoisotopic (exact) mass is 1610 g/mol. The van der Waals surface area contributed by atoms with Gasteiger partial charge in [-0.15, -0.1) is 0 Å². The predicted molar refractivity (Wildman–Crippen MR) is 263 cm³/mol. The highest BCUT2D eigenvalue weighted by Gasteiger charge is 2.97. The molecule has 0 spiro atoms. The van der Waals surface area contributed by atoms with E-state index in [1.54, 1.807) is 0 Å². The molecule has 0 saturated carbocycles. The van der Waals surface area contributed by atoms with Gasteiger partial charge in [-0.3, -0.25) is 4.99 Å². The van der Waals surface area contributed by atoms with Crippen LogP contribution in [0.2, 0.25) is 0 Å². The molecule has 0 aliphatic rings. The first kappa shape index (κ1) is 85.5. The fourth-order valence-corrected chi connectivity index (χ4v) is 9.07. The number of phenolic OH excluding ortho intramolecular Hbond substituents is 1. The van der Waals surface area contributed by atoms with Crippen LogP contribution in [0.4, 0.5) is 208 Å². The minimum Gasteiger partial charge on any atom is -0.507 e. The Morgan fingerprint density at radius 2 is 0.476 bits per heavy atom. The molecular formula is C57H21F46NO. The van der Waals surface area contributed by atoms with Crippen molar-refractivity contribution in [3.8, 4) is 50.3 Å². The first-order chi connectivity index (χ1) is 46.4. The Morgan fingerprint density at radius 3 is 0.743 bits per heavy atom. The van der Waals surface area contributed by atoms with Crippen molar-refractivity contribution >= 4 is 11.9 Å². The van der Waals surface area contributed by atoms with E-state index >= 15 is 35.1 Å². The summed E-state index contributed by atoms with van der Waals surface area (Å²) in [6.45, 7) is 0. The molecule has 6 aromatic rings. The lowest BCUT2D eigenvalue weighted by molar-refractivity contribution is -0.462. The van der Waals surface area contributed by atoms with Crippen LogP contribution < -0.4 is 0 Å². The molecule has 0 fully saturated rings. The molecule has 48 heteroatoms. The second-order valence-electron chi connectivity index (χ2n) is 21.7. The minimum absolute atomic E-state index is 0.0769. The summed E-state index contributed by atoms with van der Waals surface area (Å²) in [5, 5.41) is 11.6. The molecule has 1 N–H and O–H groups in total. The van der Waals surface area contributed by atoms with E-state index in [2.05, 4.69) is 4.99 Å². The standard InChI is InChI=1S/C57H21F46NO/c58-38(59,44(74,75)46(78,79)48(82,83)50(86,87)52(90,91)54(94,95)56(98,99)100)27-8-4-21(5-9-27)33-2-1-3-34(22-6-10-28(11-7-22)39(60,61)45(76,77)47(80,81)49(84,85)51(88,89)53(92,93)55(96,97)57(101,102)103)36(33)104-20-26-12-23(24-13-29(40(62,63)64)18-30(14-24)41(65,66)67)17-35(37(26)105)25-15-31(42(68,69)70)19-32(16-25)43(71,72)73/h1-20,105H. The number of alkyl halides is 46. The van der Waals surface area contributed by atoms with E-state index < -0.39 is 251 Å². The van der Waals surface area contributed by atoms with E-state index in [4.69, 9.17) is 0 Å². The Hall–Kier alpha value is -8.43. The Morgan fingerprint density at radius 1 is 0.229 bits per heavy atom. The number of rotatable bonds is 20. The van der Waals surface area contributed by atoms with Crippen LogP contribution in [0.5, 0.6) is 5.75 Å². The maximum absolute atomic E-state index is 15.5. The van der Waals surface area contributed by atoms with Crippen LogP contribution in [0.25, 0.3) is 44.5 Å². The summed E-state index contributed by atoms with van der Waals surface area (Å²) in [6, 6.07) is -5.00. The number of nitrogens with zero attached hydrogens (tertiary/aromatic N) is 1. The molecule has 0 unspecified atom stereocenters. The highest BCUT2D eigenvalue weighted by Crippen LogP contribution is 2.68. The summed E-state index contributed by atoms with van der Waals surface area (Å²) in [5.41, 5.74) is -29.0. The summed E-state index contributed by atoms with van der Waals surface area (Å²) in [6.07, 6.45) is -39.9. The number of hydrogen-bond donors (Lipinski definition) is 1. The maximum Gasteiger partial charge on any atom is 0.460 e. The third-order valence-electron chi connectivity index (χ3n) is 14.9. The van der Waals surface area contributed by atoms with Gasteiger partial charge < -0.3 is 5.11 Å². The largest absolute Gasteiger partial charge is 0.507 e. The summed E-state index contributed by atoms with van der Waals surface area (Å²) >= 11 is 0. The average molecular weight is 1610 g/mol. The van der Waals surface area contributed by atoms with Gasteiger partial charge in [0.1, 0.15) is 5.75 Å². The number of halogens is 46. The molecule has 0 aliphatic heterocycles. The van der Waals surface area contributed by atoms with Gasteiger partial charge in [-0.25, -0.2) is 0 Å². The van der Waals surface area contributed by atoms with Crippen molar-refractivity contribution in [3.63, 3.8) is 0 Å². The van der Waals surface area contributed by atoms with Gasteiger partial charge in [0, 0.05) is 39.6 Å². The van der Waals surface area contributed by atoms with Crippen LogP contribution >= 0.6 is 0 Å². The number of phenols is 1. The molecule has 0 saturated heterocycles. The molecule has 0 heterocycles. The minimum atomic E-state index is -9.16. The van der Waals surface area contributed by atoms with Gasteiger partial charge in [-0.05, 0) is 76.3 Å². The molecule has 0 aliphatic carbocycles. The van der Waals surface area contributed by atoms with Crippen LogP contribution in [0.3, 0.4) is 0 Å². The van der Waals surface area contributed by atoms with Crippen molar-refractivity contribution in [2.75, 3.05) is 0 Å². The maximum atomic E-state index is 15.5. The number of hydrogen-bond acceptors (Lipinski definition) is 2. The summed E-state index contributed by atoms with van der Waals surface area (Å²) in [7, 11) is 0. The fourth-order valence-electron chi connectivity index (χ4n) is 9.07. The second kappa shape index (κ2) is 25.4. The lowest BCUT2D eigenvalue weighted by Crippen LogP contribution is -2.74. The van der Waals surface area contributed by atoms with Crippen LogP contribution in [-0.4, -0.2) is 94.7 Å². The SMILES string of the molecule is Oc1c(C=Nc2c(-c3ccc(C(F)(F)C(F)(F)C(F)(F)C(F)(F)C(F)(F)C(F)(F)C(F)(F)C(F)(F)F)cc3)cccc2-c2ccc(C(F)(F)C(F)(F)C(F)(F)C(F)(F)C(F)(F)C(F)(F)C(F)(F)C(F)(F)F)cc2)cc(-c2cc(C(F)(F)F)cc(C(F)(F)F)c2)cc1-c1cc(C(F)(F)F)cc(C(F)(F)F)c1. The van der Waals surface area contributed by atoms with E-state index in [0.717, 1.165) is 0 Å². The van der Waals surface area contributed by atoms with Crippen molar-refractivity contribution in [2.45, 2.75) is 120 Å². The van der Waals surface area contributed by atoms with Gasteiger partial charge in [-0.1, -0.05) is 66.7 Å². The summed E-state index contributed by atoms with van der Waals surface area (Å²) < 4.78 is 652. The molecule has 0 aromatic heterocycles. The number of aliphatic imine (C=N–C) groups is 1. The lowest BCUT2D eigenvalue weighted by Gasteiger charge is -2.42. The molecule has 2 nitrogen and oxygen atoms in total. The van der Waals surface area contributed by atoms with Crippen molar-refractivity contribution in [1.29, 1.82) is 0 Å². The van der Waals surface area contributed by atoms with Crippen LogP contribution in [0.1, 0.15) is 38.9 Å².